The molecular weight excluding hydrogens is 388 g/mol. The molecule has 1 atom stereocenters. The van der Waals surface area contributed by atoms with E-state index in [0.29, 0.717) is 22.2 Å². The van der Waals surface area contributed by atoms with Crippen LogP contribution in [0.4, 0.5) is 10.7 Å². The second kappa shape index (κ2) is 7.79. The maximum Gasteiger partial charge on any atom is 0.272 e. The third-order valence-electron chi connectivity index (χ3n) is 5.28. The molecule has 2 aliphatic rings. The summed E-state index contributed by atoms with van der Waals surface area (Å²) in [5.74, 6) is -0.559. The zero-order valence-electron chi connectivity index (χ0n) is 16.1. The van der Waals surface area contributed by atoms with Gasteiger partial charge in [0.05, 0.1) is 11.3 Å². The number of anilines is 2. The van der Waals surface area contributed by atoms with E-state index in [0.717, 1.165) is 29.7 Å². The molecule has 3 N–H and O–H groups in total. The molecule has 2 aromatic rings. The van der Waals surface area contributed by atoms with E-state index in [9.17, 15) is 14.4 Å². The van der Waals surface area contributed by atoms with Crippen LogP contribution in [0.5, 0.6) is 0 Å². The van der Waals surface area contributed by atoms with Crippen LogP contribution in [0.15, 0.2) is 35.4 Å². The van der Waals surface area contributed by atoms with Gasteiger partial charge >= 0.3 is 0 Å². The summed E-state index contributed by atoms with van der Waals surface area (Å²) in [7, 11) is 0. The van der Waals surface area contributed by atoms with Crippen molar-refractivity contribution in [2.24, 2.45) is 16.8 Å². The normalized spacial score (nSPS) is 18.8. The van der Waals surface area contributed by atoms with Crippen molar-refractivity contribution < 1.29 is 14.4 Å². The van der Waals surface area contributed by atoms with E-state index < -0.39 is 11.8 Å². The van der Waals surface area contributed by atoms with Crippen molar-refractivity contribution in [2.75, 3.05) is 10.3 Å². The Bertz CT molecular complexity index is 1010. The van der Waals surface area contributed by atoms with Crippen LogP contribution < -0.4 is 16.1 Å². The number of benzene rings is 1. The molecule has 8 heteroatoms. The van der Waals surface area contributed by atoms with Gasteiger partial charge in [0.2, 0.25) is 5.91 Å². The van der Waals surface area contributed by atoms with Gasteiger partial charge in [0.1, 0.15) is 10.7 Å². The lowest BCUT2D eigenvalue weighted by atomic mass is 9.88. The van der Waals surface area contributed by atoms with Gasteiger partial charge in [-0.1, -0.05) is 25.1 Å². The van der Waals surface area contributed by atoms with Gasteiger partial charge in [-0.3, -0.25) is 14.4 Å². The highest BCUT2D eigenvalue weighted by Crippen LogP contribution is 2.39. The first-order chi connectivity index (χ1) is 13.9. The minimum absolute atomic E-state index is 0.161. The Morgan fingerprint density at radius 2 is 1.97 bits per heavy atom. The molecule has 0 spiro atoms. The molecule has 0 saturated carbocycles. The number of nitrogens with zero attached hydrogens (tertiary/aromatic N) is 2. The molecule has 150 valence electrons. The quantitative estimate of drug-likeness (QED) is 0.809. The van der Waals surface area contributed by atoms with Gasteiger partial charge in [0.25, 0.3) is 11.8 Å². The number of hydrazone groups is 1. The van der Waals surface area contributed by atoms with E-state index in [4.69, 9.17) is 5.73 Å². The molecule has 3 amide bonds. The van der Waals surface area contributed by atoms with Crippen molar-refractivity contribution in [3.8, 4) is 0 Å². The Morgan fingerprint density at radius 1 is 1.21 bits per heavy atom. The van der Waals surface area contributed by atoms with E-state index in [1.54, 1.807) is 12.1 Å². The molecule has 1 aromatic heterocycles. The molecule has 4 rings (SSSR count). The average molecular weight is 410 g/mol. The first kappa shape index (κ1) is 19.3. The van der Waals surface area contributed by atoms with E-state index in [-0.39, 0.29) is 24.5 Å². The first-order valence-electron chi connectivity index (χ1n) is 9.65. The van der Waals surface area contributed by atoms with Gasteiger partial charge in [-0.05, 0) is 42.9 Å². The number of para-hydroxylation sites is 1. The second-order valence-corrected chi connectivity index (χ2v) is 8.57. The third kappa shape index (κ3) is 3.80. The Hall–Kier alpha value is -3.00. The summed E-state index contributed by atoms with van der Waals surface area (Å²) in [6, 6.07) is 9.00. The number of nitrogens with one attached hydrogen (secondary N) is 1. The minimum Gasteiger partial charge on any atom is -0.365 e. The van der Waals surface area contributed by atoms with Crippen LogP contribution in [0.25, 0.3) is 0 Å². The summed E-state index contributed by atoms with van der Waals surface area (Å²) in [4.78, 5) is 38.3. The molecule has 2 heterocycles. The molecular formula is C21H22N4O3S. The standard InChI is InChI=1S/C21H22N4O3S/c1-12-7-8-14-16(11-12)29-21(18(14)19(22)27)23-20(28)15-9-10-17(26)25(24-15)13-5-3-2-4-6-13/h2-6,12H,7-11H2,1H3,(H2,22,27)(H,23,28)/t12-/m1/s1. The fourth-order valence-electron chi connectivity index (χ4n) is 3.76. The van der Waals surface area contributed by atoms with E-state index in [1.165, 1.54) is 16.3 Å². The van der Waals surface area contributed by atoms with Crippen LogP contribution in [0, 0.1) is 5.92 Å². The molecule has 7 nitrogen and oxygen atoms in total. The molecule has 1 aromatic carbocycles. The molecule has 1 aliphatic heterocycles. The largest absolute Gasteiger partial charge is 0.365 e. The van der Waals surface area contributed by atoms with Crippen molar-refractivity contribution in [3.05, 3.63) is 46.3 Å². The Morgan fingerprint density at radius 3 is 2.69 bits per heavy atom. The summed E-state index contributed by atoms with van der Waals surface area (Å²) in [6.45, 7) is 2.18. The summed E-state index contributed by atoms with van der Waals surface area (Å²) in [5.41, 5.74) is 7.86. The van der Waals surface area contributed by atoms with Crippen LogP contribution in [-0.2, 0) is 22.4 Å². The number of fused-ring (bicyclic) bond motifs is 1. The topological polar surface area (TPSA) is 105 Å². The fraction of sp³-hybridized carbons (Fsp3) is 0.333. The first-order valence-corrected chi connectivity index (χ1v) is 10.5. The van der Waals surface area contributed by atoms with E-state index >= 15 is 0 Å². The number of primary amides is 1. The number of amides is 3. The lowest BCUT2D eigenvalue weighted by Gasteiger charge is -2.23. The monoisotopic (exact) mass is 410 g/mol. The van der Waals surface area contributed by atoms with Gasteiger partial charge in [-0.2, -0.15) is 5.10 Å². The molecule has 0 fully saturated rings. The number of hydrogen-bond acceptors (Lipinski definition) is 5. The van der Waals surface area contributed by atoms with Gasteiger partial charge in [-0.15, -0.1) is 11.3 Å². The average Bonchev–Trinajstić information content (AvgIpc) is 3.05. The maximum atomic E-state index is 12.9. The Balaban J connectivity index is 1.61. The number of rotatable bonds is 4. The highest BCUT2D eigenvalue weighted by atomic mass is 32.1. The predicted molar refractivity (Wildman–Crippen MR) is 113 cm³/mol. The second-order valence-electron chi connectivity index (χ2n) is 7.46. The van der Waals surface area contributed by atoms with Crippen molar-refractivity contribution in [2.45, 2.75) is 39.0 Å². The van der Waals surface area contributed by atoms with Crippen molar-refractivity contribution >= 4 is 45.5 Å². The predicted octanol–water partition coefficient (Wildman–Crippen LogP) is 3.09. The molecule has 0 unspecified atom stereocenters. The van der Waals surface area contributed by atoms with Gasteiger partial charge in [0, 0.05) is 17.7 Å². The van der Waals surface area contributed by atoms with Crippen molar-refractivity contribution in [1.82, 2.24) is 0 Å². The molecule has 0 bridgehead atoms. The highest BCUT2D eigenvalue weighted by molar-refractivity contribution is 7.17. The molecule has 0 saturated heterocycles. The van der Waals surface area contributed by atoms with Gasteiger partial charge in [-0.25, -0.2) is 5.01 Å². The highest BCUT2D eigenvalue weighted by Gasteiger charge is 2.30. The minimum atomic E-state index is -0.529. The van der Waals surface area contributed by atoms with Crippen LogP contribution in [-0.4, -0.2) is 23.4 Å². The van der Waals surface area contributed by atoms with Crippen molar-refractivity contribution in [3.63, 3.8) is 0 Å². The lowest BCUT2D eigenvalue weighted by Crippen LogP contribution is -2.36. The zero-order chi connectivity index (χ0) is 20.5. The number of hydrogen-bond donors (Lipinski definition) is 2. The van der Waals surface area contributed by atoms with Crippen LogP contribution in [0.2, 0.25) is 0 Å². The van der Waals surface area contributed by atoms with E-state index in [1.807, 2.05) is 18.2 Å². The number of nitrogens with two attached hydrogens (primary N) is 1. The number of carbonyl (C=O) groups excluding carboxylic acids is 3. The Kier molecular flexibility index (Phi) is 5.19. The molecule has 29 heavy (non-hydrogen) atoms. The SMILES string of the molecule is C[C@@H]1CCc2c(sc(NC(=O)C3=NN(c4ccccc4)C(=O)CC3)c2C(N)=O)C1. The van der Waals surface area contributed by atoms with Crippen LogP contribution in [0.3, 0.4) is 0 Å². The Labute approximate surface area is 172 Å². The van der Waals surface area contributed by atoms with Gasteiger partial charge < -0.3 is 11.1 Å². The summed E-state index contributed by atoms with van der Waals surface area (Å²) in [5, 5.41) is 8.84. The van der Waals surface area contributed by atoms with Crippen LogP contribution in [0.1, 0.15) is 47.0 Å². The summed E-state index contributed by atoms with van der Waals surface area (Å²) >= 11 is 1.42. The van der Waals surface area contributed by atoms with Gasteiger partial charge in [0.15, 0.2) is 0 Å². The molecule has 1 aliphatic carbocycles. The third-order valence-corrected chi connectivity index (χ3v) is 6.45. The van der Waals surface area contributed by atoms with Crippen LogP contribution >= 0.6 is 11.3 Å². The summed E-state index contributed by atoms with van der Waals surface area (Å²) in [6.07, 6.45) is 3.12. The fourth-order valence-corrected chi connectivity index (χ4v) is 5.17. The smallest absolute Gasteiger partial charge is 0.272 e. The molecule has 0 radical (unpaired) electrons. The lowest BCUT2D eigenvalue weighted by molar-refractivity contribution is -0.118. The zero-order valence-corrected chi connectivity index (χ0v) is 16.9. The van der Waals surface area contributed by atoms with Crippen molar-refractivity contribution in [1.29, 1.82) is 0 Å². The number of thiophene rings is 1. The maximum absolute atomic E-state index is 12.9. The summed E-state index contributed by atoms with van der Waals surface area (Å²) < 4.78 is 0. The number of carbonyl (C=O) groups is 3. The van der Waals surface area contributed by atoms with E-state index in [2.05, 4.69) is 17.3 Å².